The standard InChI is InChI=1S/C11H14N2O/c12-7-8-3-4-10-9(6-8)2-1-5-13-11(10)14/h3-4,6H,1-2,5,7,12H2,(H,13,14). The fraction of sp³-hybridized carbons (Fsp3) is 0.364. The molecule has 1 aromatic rings. The van der Waals surface area contributed by atoms with Crippen molar-refractivity contribution in [3.8, 4) is 0 Å². The molecule has 14 heavy (non-hydrogen) atoms. The Bertz CT molecular complexity index is 360. The molecule has 1 aliphatic rings. The summed E-state index contributed by atoms with van der Waals surface area (Å²) in [5.41, 5.74) is 8.58. The maximum Gasteiger partial charge on any atom is 0.251 e. The molecule has 1 heterocycles. The second-order valence-corrected chi connectivity index (χ2v) is 3.56. The molecule has 0 aromatic heterocycles. The highest BCUT2D eigenvalue weighted by Gasteiger charge is 2.14. The number of rotatable bonds is 1. The molecule has 1 amide bonds. The van der Waals surface area contributed by atoms with E-state index in [-0.39, 0.29) is 5.91 Å². The molecule has 0 radical (unpaired) electrons. The zero-order valence-corrected chi connectivity index (χ0v) is 8.05. The van der Waals surface area contributed by atoms with Gasteiger partial charge < -0.3 is 11.1 Å². The van der Waals surface area contributed by atoms with Crippen molar-refractivity contribution in [3.05, 3.63) is 34.9 Å². The molecule has 1 aliphatic heterocycles. The van der Waals surface area contributed by atoms with Crippen LogP contribution in [0, 0.1) is 0 Å². The van der Waals surface area contributed by atoms with E-state index in [9.17, 15) is 4.79 Å². The van der Waals surface area contributed by atoms with Crippen LogP contribution in [0.15, 0.2) is 18.2 Å². The molecule has 1 aromatic carbocycles. The second-order valence-electron chi connectivity index (χ2n) is 3.56. The molecule has 3 heteroatoms. The predicted molar refractivity (Wildman–Crippen MR) is 55.0 cm³/mol. The van der Waals surface area contributed by atoms with E-state index in [0.29, 0.717) is 6.54 Å². The smallest absolute Gasteiger partial charge is 0.251 e. The molecule has 3 N–H and O–H groups in total. The van der Waals surface area contributed by atoms with Crippen molar-refractivity contribution in [3.63, 3.8) is 0 Å². The molecule has 74 valence electrons. The van der Waals surface area contributed by atoms with E-state index in [1.165, 1.54) is 0 Å². The Labute approximate surface area is 83.3 Å². The molecule has 3 nitrogen and oxygen atoms in total. The summed E-state index contributed by atoms with van der Waals surface area (Å²) in [5.74, 6) is 0.0427. The number of carbonyl (C=O) groups is 1. The topological polar surface area (TPSA) is 55.1 Å². The molecule has 2 rings (SSSR count). The molecule has 0 spiro atoms. The van der Waals surface area contributed by atoms with Gasteiger partial charge in [-0.1, -0.05) is 12.1 Å². The maximum absolute atomic E-state index is 11.6. The highest BCUT2D eigenvalue weighted by atomic mass is 16.1. The summed E-state index contributed by atoms with van der Waals surface area (Å²) in [4.78, 5) is 11.6. The second kappa shape index (κ2) is 3.80. The molecule has 0 bridgehead atoms. The van der Waals surface area contributed by atoms with Gasteiger partial charge in [-0.15, -0.1) is 0 Å². The lowest BCUT2D eigenvalue weighted by Crippen LogP contribution is -2.22. The van der Waals surface area contributed by atoms with E-state index in [1.54, 1.807) is 0 Å². The van der Waals surface area contributed by atoms with Gasteiger partial charge in [0.1, 0.15) is 0 Å². The van der Waals surface area contributed by atoms with Gasteiger partial charge in [0.25, 0.3) is 5.91 Å². The van der Waals surface area contributed by atoms with Crippen LogP contribution in [0.25, 0.3) is 0 Å². The van der Waals surface area contributed by atoms with E-state index in [0.717, 1.165) is 36.1 Å². The Morgan fingerprint density at radius 1 is 1.43 bits per heavy atom. The van der Waals surface area contributed by atoms with Crippen LogP contribution in [0.3, 0.4) is 0 Å². The summed E-state index contributed by atoms with van der Waals surface area (Å²) in [7, 11) is 0. The summed E-state index contributed by atoms with van der Waals surface area (Å²) < 4.78 is 0. The van der Waals surface area contributed by atoms with Gasteiger partial charge in [-0.25, -0.2) is 0 Å². The monoisotopic (exact) mass is 190 g/mol. The normalized spacial score (nSPS) is 15.6. The fourth-order valence-corrected chi connectivity index (χ4v) is 1.78. The largest absolute Gasteiger partial charge is 0.352 e. The minimum absolute atomic E-state index is 0.0427. The van der Waals surface area contributed by atoms with Crippen LogP contribution in [0.2, 0.25) is 0 Å². The van der Waals surface area contributed by atoms with Crippen molar-refractivity contribution in [2.75, 3.05) is 6.54 Å². The highest BCUT2D eigenvalue weighted by Crippen LogP contribution is 2.16. The minimum Gasteiger partial charge on any atom is -0.352 e. The number of hydrogen-bond acceptors (Lipinski definition) is 2. The van der Waals surface area contributed by atoms with Gasteiger partial charge in [0, 0.05) is 18.7 Å². The minimum atomic E-state index is 0.0427. The SMILES string of the molecule is NCc1ccc2c(c1)CCCNC2=O. The number of aryl methyl sites for hydroxylation is 1. The van der Waals surface area contributed by atoms with E-state index < -0.39 is 0 Å². The van der Waals surface area contributed by atoms with Gasteiger partial charge in [-0.3, -0.25) is 4.79 Å². The number of fused-ring (bicyclic) bond motifs is 1. The third-order valence-corrected chi connectivity index (χ3v) is 2.56. The predicted octanol–water partition coefficient (Wildman–Crippen LogP) is 0.821. The van der Waals surface area contributed by atoms with Crippen LogP contribution in [0.1, 0.15) is 27.9 Å². The molecule has 0 saturated heterocycles. The van der Waals surface area contributed by atoms with Gasteiger partial charge >= 0.3 is 0 Å². The van der Waals surface area contributed by atoms with Gasteiger partial charge in [-0.2, -0.15) is 0 Å². The van der Waals surface area contributed by atoms with Crippen LogP contribution >= 0.6 is 0 Å². The van der Waals surface area contributed by atoms with Crippen molar-refractivity contribution in [2.45, 2.75) is 19.4 Å². The zero-order valence-electron chi connectivity index (χ0n) is 8.05. The molecule has 0 unspecified atom stereocenters. The van der Waals surface area contributed by atoms with Gasteiger partial charge in [0.2, 0.25) is 0 Å². The lowest BCUT2D eigenvalue weighted by atomic mass is 10.0. The summed E-state index contributed by atoms with van der Waals surface area (Å²) in [6.45, 7) is 1.31. The van der Waals surface area contributed by atoms with E-state index in [1.807, 2.05) is 18.2 Å². The van der Waals surface area contributed by atoms with Crippen molar-refractivity contribution in [2.24, 2.45) is 5.73 Å². The van der Waals surface area contributed by atoms with Crippen molar-refractivity contribution < 1.29 is 4.79 Å². The zero-order chi connectivity index (χ0) is 9.97. The first-order valence-electron chi connectivity index (χ1n) is 4.91. The molecule has 0 aliphatic carbocycles. The Morgan fingerprint density at radius 3 is 3.07 bits per heavy atom. The Hall–Kier alpha value is -1.35. The van der Waals surface area contributed by atoms with Crippen LogP contribution in [0.4, 0.5) is 0 Å². The third-order valence-electron chi connectivity index (χ3n) is 2.56. The number of hydrogen-bond donors (Lipinski definition) is 2. The summed E-state index contributed by atoms with van der Waals surface area (Å²) in [6.07, 6.45) is 1.97. The summed E-state index contributed by atoms with van der Waals surface area (Å²) >= 11 is 0. The first-order chi connectivity index (χ1) is 6.81. The van der Waals surface area contributed by atoms with E-state index >= 15 is 0 Å². The molecular formula is C11H14N2O. The fourth-order valence-electron chi connectivity index (χ4n) is 1.78. The van der Waals surface area contributed by atoms with E-state index in [4.69, 9.17) is 5.73 Å². The lowest BCUT2D eigenvalue weighted by molar-refractivity contribution is 0.0956. The van der Waals surface area contributed by atoms with Crippen molar-refractivity contribution in [1.29, 1.82) is 0 Å². The van der Waals surface area contributed by atoms with Crippen LogP contribution in [-0.2, 0) is 13.0 Å². The Kier molecular flexibility index (Phi) is 2.50. The van der Waals surface area contributed by atoms with Gasteiger partial charge in [0.15, 0.2) is 0 Å². The Balaban J connectivity index is 2.43. The lowest BCUT2D eigenvalue weighted by Gasteiger charge is -2.05. The van der Waals surface area contributed by atoms with Gasteiger partial charge in [-0.05, 0) is 30.0 Å². The van der Waals surface area contributed by atoms with Crippen LogP contribution in [-0.4, -0.2) is 12.5 Å². The first-order valence-corrected chi connectivity index (χ1v) is 4.91. The average Bonchev–Trinajstić information content (AvgIpc) is 2.40. The van der Waals surface area contributed by atoms with Crippen molar-refractivity contribution >= 4 is 5.91 Å². The summed E-state index contributed by atoms with van der Waals surface area (Å²) in [5, 5.41) is 2.87. The third kappa shape index (κ3) is 1.63. The Morgan fingerprint density at radius 2 is 2.29 bits per heavy atom. The molecular weight excluding hydrogens is 176 g/mol. The van der Waals surface area contributed by atoms with Gasteiger partial charge in [0.05, 0.1) is 0 Å². The van der Waals surface area contributed by atoms with Crippen LogP contribution < -0.4 is 11.1 Å². The molecule has 0 atom stereocenters. The number of nitrogens with one attached hydrogen (secondary N) is 1. The highest BCUT2D eigenvalue weighted by molar-refractivity contribution is 5.96. The maximum atomic E-state index is 11.6. The quantitative estimate of drug-likeness (QED) is 0.689. The number of amides is 1. The number of nitrogens with two attached hydrogens (primary N) is 1. The molecule has 0 saturated carbocycles. The van der Waals surface area contributed by atoms with E-state index in [2.05, 4.69) is 5.32 Å². The first kappa shape index (κ1) is 9.21. The van der Waals surface area contributed by atoms with Crippen LogP contribution in [0.5, 0.6) is 0 Å². The number of carbonyl (C=O) groups excluding carboxylic acids is 1. The number of benzene rings is 1. The average molecular weight is 190 g/mol. The summed E-state index contributed by atoms with van der Waals surface area (Å²) in [6, 6.07) is 5.84. The molecule has 0 fully saturated rings. The van der Waals surface area contributed by atoms with Crippen molar-refractivity contribution in [1.82, 2.24) is 5.32 Å².